The molecule has 0 saturated carbocycles. The van der Waals surface area contributed by atoms with E-state index in [0.717, 1.165) is 29.8 Å². The molecule has 0 amide bonds. The van der Waals surface area contributed by atoms with Crippen molar-refractivity contribution in [2.24, 2.45) is 5.41 Å². The Morgan fingerprint density at radius 2 is 1.55 bits per heavy atom. The maximum absolute atomic E-state index is 6.51. The van der Waals surface area contributed by atoms with E-state index in [1.165, 1.54) is 33.0 Å². The molecule has 3 heterocycles. The molecular weight excluding hydrogens is 607 g/mol. The van der Waals surface area contributed by atoms with Gasteiger partial charge in [0.2, 0.25) is 0 Å². The molecule has 3 aromatic rings. The Morgan fingerprint density at radius 3 is 2.11 bits per heavy atom. The molecule has 0 radical (unpaired) electrons. The van der Waals surface area contributed by atoms with Crippen molar-refractivity contribution in [3.8, 4) is 27.6 Å². The first-order chi connectivity index (χ1) is 20.2. The fourth-order valence-corrected chi connectivity index (χ4v) is 8.13. The molecular formula is C38H54N4OSe. The number of hydrogen-bond donors (Lipinski definition) is 1. The molecule has 4 rings (SSSR count). The van der Waals surface area contributed by atoms with Gasteiger partial charge in [-0.2, -0.15) is 0 Å². The number of nitrogens with zero attached hydrogens (tertiary/aromatic N) is 3. The summed E-state index contributed by atoms with van der Waals surface area (Å²) in [7, 11) is 0. The molecule has 1 aliphatic heterocycles. The average molecular weight is 662 g/mol. The summed E-state index contributed by atoms with van der Waals surface area (Å²) in [5.74, 6) is 8.47. The number of benzene rings is 1. The predicted octanol–water partition coefficient (Wildman–Crippen LogP) is 8.33. The number of ether oxygens (including phenoxy) is 1. The Bertz CT molecular complexity index is 1520. The third-order valence-corrected chi connectivity index (χ3v) is 10.8. The first-order valence-electron chi connectivity index (χ1n) is 16.0. The molecule has 0 spiro atoms. The number of piperidine rings is 1. The van der Waals surface area contributed by atoms with Gasteiger partial charge in [-0.05, 0) is 20.8 Å². The first-order valence-corrected chi connectivity index (χ1v) is 17.7. The van der Waals surface area contributed by atoms with Crippen LogP contribution in [-0.2, 0) is 17.4 Å². The van der Waals surface area contributed by atoms with E-state index in [9.17, 15) is 0 Å². The molecule has 0 atom stereocenters. The van der Waals surface area contributed by atoms with Crippen LogP contribution in [0.15, 0.2) is 30.6 Å². The van der Waals surface area contributed by atoms with Crippen LogP contribution in [0, 0.1) is 17.3 Å². The maximum atomic E-state index is 6.51. The molecule has 1 fully saturated rings. The van der Waals surface area contributed by atoms with Gasteiger partial charge in [0.25, 0.3) is 0 Å². The molecule has 1 aromatic carbocycles. The SMILES string of the molecule is CC(C)(C)C#Cc1cc(COc2cc(-c3cnc(C4CCN(C(C)(C)C)CC4)[se]3)cnc2N)c(C(C)(C)C)c(C(C)(C)C)c1. The summed E-state index contributed by atoms with van der Waals surface area (Å²) in [5.41, 5.74) is 12.3. The van der Waals surface area contributed by atoms with Gasteiger partial charge in [0.1, 0.15) is 0 Å². The van der Waals surface area contributed by atoms with E-state index < -0.39 is 0 Å². The van der Waals surface area contributed by atoms with Crippen molar-refractivity contribution < 1.29 is 4.74 Å². The van der Waals surface area contributed by atoms with E-state index in [4.69, 9.17) is 15.5 Å². The summed E-state index contributed by atoms with van der Waals surface area (Å²) in [6.07, 6.45) is 6.28. The molecule has 1 saturated heterocycles. The van der Waals surface area contributed by atoms with Crippen LogP contribution >= 0.6 is 0 Å². The molecule has 6 heteroatoms. The van der Waals surface area contributed by atoms with Crippen LogP contribution in [-0.4, -0.2) is 48.0 Å². The Balaban J connectivity index is 1.62. The Kier molecular flexibility index (Phi) is 9.87. The van der Waals surface area contributed by atoms with Crippen molar-refractivity contribution in [2.75, 3.05) is 18.8 Å². The molecule has 44 heavy (non-hydrogen) atoms. The minimum atomic E-state index is -0.0778. The van der Waals surface area contributed by atoms with Crippen molar-refractivity contribution in [2.45, 2.75) is 125 Å². The summed E-state index contributed by atoms with van der Waals surface area (Å²) in [5, 5.41) is 0. The fraction of sp³-hybridized carbons (Fsp3) is 0.579. The second kappa shape index (κ2) is 12.7. The van der Waals surface area contributed by atoms with E-state index in [2.05, 4.69) is 123 Å². The Labute approximate surface area is 273 Å². The minimum absolute atomic E-state index is 0.0462. The van der Waals surface area contributed by atoms with Gasteiger partial charge in [0.15, 0.2) is 0 Å². The summed E-state index contributed by atoms with van der Waals surface area (Å²) < 4.78 is 9.12. The Morgan fingerprint density at radius 1 is 0.886 bits per heavy atom. The van der Waals surface area contributed by atoms with Gasteiger partial charge < -0.3 is 0 Å². The molecule has 238 valence electrons. The van der Waals surface area contributed by atoms with Gasteiger partial charge in [0.05, 0.1) is 0 Å². The molecule has 0 bridgehead atoms. The van der Waals surface area contributed by atoms with Crippen LogP contribution in [0.5, 0.6) is 5.75 Å². The summed E-state index contributed by atoms with van der Waals surface area (Å²) in [4.78, 5) is 12.1. The van der Waals surface area contributed by atoms with Crippen molar-refractivity contribution in [3.05, 3.63) is 57.4 Å². The van der Waals surface area contributed by atoms with Gasteiger partial charge >= 0.3 is 253 Å². The zero-order valence-corrected chi connectivity index (χ0v) is 30.9. The number of nitrogens with two attached hydrogens (primary N) is 1. The van der Waals surface area contributed by atoms with Crippen LogP contribution in [0.25, 0.3) is 10.0 Å². The number of likely N-dealkylation sites (tertiary alicyclic amines) is 1. The normalized spacial score (nSPS) is 15.6. The first kappa shape index (κ1) is 34.3. The van der Waals surface area contributed by atoms with Gasteiger partial charge in [-0.3, -0.25) is 0 Å². The van der Waals surface area contributed by atoms with Crippen LogP contribution < -0.4 is 10.5 Å². The van der Waals surface area contributed by atoms with Crippen LogP contribution in [0.2, 0.25) is 0 Å². The van der Waals surface area contributed by atoms with E-state index >= 15 is 0 Å². The van der Waals surface area contributed by atoms with Crippen molar-refractivity contribution in [3.63, 3.8) is 0 Å². The number of rotatable bonds is 5. The summed E-state index contributed by atoms with van der Waals surface area (Å²) in [6, 6.07) is 6.54. The fourth-order valence-electron chi connectivity index (χ4n) is 5.89. The second-order valence-electron chi connectivity index (χ2n) is 16.4. The molecule has 0 aliphatic carbocycles. The van der Waals surface area contributed by atoms with Crippen LogP contribution in [0.1, 0.15) is 129 Å². The second-order valence-corrected chi connectivity index (χ2v) is 18.7. The molecule has 2 N–H and O–H groups in total. The van der Waals surface area contributed by atoms with Crippen molar-refractivity contribution in [1.29, 1.82) is 0 Å². The topological polar surface area (TPSA) is 64.3 Å². The monoisotopic (exact) mass is 662 g/mol. The molecule has 0 unspecified atom stereocenters. The zero-order chi connectivity index (χ0) is 32.7. The van der Waals surface area contributed by atoms with Gasteiger partial charge in [-0.25, -0.2) is 0 Å². The predicted molar refractivity (Wildman–Crippen MR) is 187 cm³/mol. The van der Waals surface area contributed by atoms with Gasteiger partial charge in [0, 0.05) is 0 Å². The van der Waals surface area contributed by atoms with Crippen molar-refractivity contribution >= 4 is 20.3 Å². The summed E-state index contributed by atoms with van der Waals surface area (Å²) in [6.45, 7) is 29.7. The quantitative estimate of drug-likeness (QED) is 0.220. The number of pyridine rings is 1. The number of anilines is 1. The Hall–Kier alpha value is -2.58. The summed E-state index contributed by atoms with van der Waals surface area (Å²) >= 11 is 0.185. The van der Waals surface area contributed by atoms with Crippen LogP contribution in [0.4, 0.5) is 5.82 Å². The number of hydrogen-bond acceptors (Lipinski definition) is 5. The molecule has 2 aromatic heterocycles. The number of nitrogen functional groups attached to an aromatic ring is 1. The zero-order valence-electron chi connectivity index (χ0n) is 29.2. The van der Waals surface area contributed by atoms with E-state index in [0.29, 0.717) is 24.1 Å². The van der Waals surface area contributed by atoms with E-state index in [1.807, 2.05) is 12.4 Å². The van der Waals surface area contributed by atoms with Crippen molar-refractivity contribution in [1.82, 2.24) is 14.9 Å². The molecule has 1 aliphatic rings. The standard InChI is InChI=1S/C38H54N4OSe/c1-35(2,3)16-13-25-19-28(32(37(7,8)9)29(20-25)36(4,5)6)24-43-30-21-27(22-40-33(30)39)31-23-41-34(44-31)26-14-17-42(18-15-26)38(10,11)12/h19-23,26H,14-15,17-18,24H2,1-12H3,(H2,39,40). The average Bonchev–Trinajstić information content (AvgIpc) is 3.39. The number of aromatic nitrogens is 2. The van der Waals surface area contributed by atoms with Gasteiger partial charge in [-0.15, -0.1) is 0 Å². The molecule has 5 nitrogen and oxygen atoms in total. The van der Waals surface area contributed by atoms with Crippen LogP contribution in [0.3, 0.4) is 0 Å². The van der Waals surface area contributed by atoms with E-state index in [1.54, 1.807) is 0 Å². The third-order valence-electron chi connectivity index (χ3n) is 8.23. The third kappa shape index (κ3) is 8.57. The van der Waals surface area contributed by atoms with E-state index in [-0.39, 0.29) is 36.3 Å². The van der Waals surface area contributed by atoms with Gasteiger partial charge in [-0.1, -0.05) is 0 Å².